The van der Waals surface area contributed by atoms with Crippen molar-refractivity contribution in [3.05, 3.63) is 42.7 Å². The van der Waals surface area contributed by atoms with Gasteiger partial charge >= 0.3 is 0 Å². The maximum absolute atomic E-state index is 5.84. The van der Waals surface area contributed by atoms with E-state index in [1.54, 1.807) is 6.20 Å². The average molecular weight is 307 g/mol. The first-order chi connectivity index (χ1) is 11.3. The van der Waals surface area contributed by atoms with Crippen LogP contribution in [0.4, 0.5) is 5.69 Å². The van der Waals surface area contributed by atoms with Gasteiger partial charge < -0.3 is 15.3 Å². The smallest absolute Gasteiger partial charge is 0.179 e. The Hall–Kier alpha value is -2.83. The van der Waals surface area contributed by atoms with Gasteiger partial charge in [-0.15, -0.1) is 10.2 Å². The Morgan fingerprint density at radius 2 is 2.17 bits per heavy atom. The Kier molecular flexibility index (Phi) is 2.53. The molecule has 0 amide bonds. The van der Waals surface area contributed by atoms with E-state index < -0.39 is 0 Å². The van der Waals surface area contributed by atoms with Gasteiger partial charge in [-0.1, -0.05) is 0 Å². The Labute approximate surface area is 132 Å². The summed E-state index contributed by atoms with van der Waals surface area (Å²) in [5.74, 6) is 1.44. The van der Waals surface area contributed by atoms with Crippen LogP contribution in [0.15, 0.2) is 36.9 Å². The van der Waals surface area contributed by atoms with E-state index in [0.29, 0.717) is 12.0 Å². The molecule has 23 heavy (non-hydrogen) atoms. The van der Waals surface area contributed by atoms with Crippen molar-refractivity contribution in [3.8, 4) is 0 Å². The summed E-state index contributed by atoms with van der Waals surface area (Å²) < 4.78 is 4.36. The van der Waals surface area contributed by atoms with E-state index >= 15 is 0 Å². The molecule has 0 radical (unpaired) electrons. The lowest BCUT2D eigenvalue weighted by atomic mass is 10.1. The van der Waals surface area contributed by atoms with E-state index in [-0.39, 0.29) is 0 Å². The number of nitrogens with zero attached hydrogens (tertiary/aromatic N) is 5. The highest BCUT2D eigenvalue weighted by Gasteiger charge is 2.30. The number of rotatable bonds is 2. The molecule has 1 aliphatic rings. The second kappa shape index (κ2) is 4.58. The van der Waals surface area contributed by atoms with Crippen LogP contribution in [0.5, 0.6) is 0 Å². The monoisotopic (exact) mass is 307 g/mol. The summed E-state index contributed by atoms with van der Waals surface area (Å²) in [7, 11) is 0. The predicted octanol–water partition coefficient (Wildman–Crippen LogP) is 2.50. The van der Waals surface area contributed by atoms with Crippen LogP contribution in [0.1, 0.15) is 37.0 Å². The van der Waals surface area contributed by atoms with Gasteiger partial charge in [0.2, 0.25) is 0 Å². The summed E-state index contributed by atoms with van der Waals surface area (Å²) in [6.45, 7) is 0. The maximum atomic E-state index is 5.84. The summed E-state index contributed by atoms with van der Waals surface area (Å²) in [5.41, 5.74) is 9.37. The van der Waals surface area contributed by atoms with Gasteiger partial charge in [0.1, 0.15) is 5.82 Å². The number of anilines is 1. The van der Waals surface area contributed by atoms with E-state index in [4.69, 9.17) is 5.73 Å². The fourth-order valence-corrected chi connectivity index (χ4v) is 3.78. The summed E-state index contributed by atoms with van der Waals surface area (Å²) >= 11 is 0. The van der Waals surface area contributed by atoms with E-state index in [9.17, 15) is 0 Å². The third-order valence-corrected chi connectivity index (χ3v) is 4.90. The van der Waals surface area contributed by atoms with Gasteiger partial charge in [-0.3, -0.25) is 4.40 Å². The normalized spacial score (nSPS) is 21.6. The summed E-state index contributed by atoms with van der Waals surface area (Å²) in [6.07, 6.45) is 11.1. The molecule has 0 spiro atoms. The highest BCUT2D eigenvalue weighted by molar-refractivity contribution is 5.74. The lowest BCUT2D eigenvalue weighted by Gasteiger charge is -2.12. The number of H-pyrrole nitrogens is 1. The van der Waals surface area contributed by atoms with Crippen LogP contribution >= 0.6 is 0 Å². The zero-order valence-corrected chi connectivity index (χ0v) is 12.6. The number of aromatic nitrogens is 6. The summed E-state index contributed by atoms with van der Waals surface area (Å²) in [5, 5.41) is 8.77. The van der Waals surface area contributed by atoms with Gasteiger partial charge in [-0.2, -0.15) is 0 Å². The van der Waals surface area contributed by atoms with Gasteiger partial charge in [-0.25, -0.2) is 4.98 Å². The Balaban J connectivity index is 1.55. The maximum Gasteiger partial charge on any atom is 0.179 e. The van der Waals surface area contributed by atoms with Crippen molar-refractivity contribution in [3.63, 3.8) is 0 Å². The van der Waals surface area contributed by atoms with Crippen molar-refractivity contribution in [1.82, 2.24) is 29.1 Å². The Morgan fingerprint density at radius 1 is 1.22 bits per heavy atom. The number of nitrogens with two attached hydrogens (primary N) is 1. The number of nitrogen functional groups attached to an aromatic ring is 1. The largest absolute Gasteiger partial charge is 0.398 e. The molecule has 0 bridgehead atoms. The number of hydrogen-bond donors (Lipinski definition) is 2. The molecule has 1 aliphatic carbocycles. The number of hydrogen-bond acceptors (Lipinski definition) is 4. The molecule has 7 heteroatoms. The van der Waals surface area contributed by atoms with Crippen LogP contribution in [-0.2, 0) is 0 Å². The number of aromatic amines is 1. The molecule has 4 heterocycles. The quantitative estimate of drug-likeness (QED) is 0.595. The molecule has 0 aliphatic heterocycles. The Morgan fingerprint density at radius 3 is 3.04 bits per heavy atom. The molecule has 5 rings (SSSR count). The number of nitrogens with one attached hydrogen (secondary N) is 1. The van der Waals surface area contributed by atoms with Crippen molar-refractivity contribution in [2.24, 2.45) is 0 Å². The van der Waals surface area contributed by atoms with Gasteiger partial charge in [0.15, 0.2) is 11.3 Å². The molecule has 116 valence electrons. The first kappa shape index (κ1) is 12.7. The van der Waals surface area contributed by atoms with Crippen LogP contribution in [0.3, 0.4) is 0 Å². The summed E-state index contributed by atoms with van der Waals surface area (Å²) in [6, 6.07) is 4.46. The highest BCUT2D eigenvalue weighted by Crippen LogP contribution is 2.41. The topological polar surface area (TPSA) is 89.8 Å². The second-order valence-corrected chi connectivity index (χ2v) is 6.28. The second-order valence-electron chi connectivity index (χ2n) is 6.28. The van der Waals surface area contributed by atoms with Gasteiger partial charge in [0, 0.05) is 36.2 Å². The van der Waals surface area contributed by atoms with Crippen molar-refractivity contribution in [2.75, 3.05) is 5.73 Å². The molecule has 4 aromatic rings. The van der Waals surface area contributed by atoms with Crippen LogP contribution in [0, 0.1) is 0 Å². The lowest BCUT2D eigenvalue weighted by Crippen LogP contribution is -2.05. The number of fused-ring (bicyclic) bond motifs is 3. The van der Waals surface area contributed by atoms with Gasteiger partial charge in [0.05, 0.1) is 11.7 Å². The van der Waals surface area contributed by atoms with E-state index in [2.05, 4.69) is 35.3 Å². The van der Waals surface area contributed by atoms with Crippen LogP contribution in [-0.4, -0.2) is 29.1 Å². The first-order valence-electron chi connectivity index (χ1n) is 7.89. The fourth-order valence-electron chi connectivity index (χ4n) is 3.78. The van der Waals surface area contributed by atoms with Crippen LogP contribution in [0.25, 0.3) is 16.8 Å². The Bertz CT molecular complexity index is 992. The van der Waals surface area contributed by atoms with Gasteiger partial charge in [-0.05, 0) is 31.4 Å². The average Bonchev–Trinajstić information content (AvgIpc) is 3.31. The zero-order valence-electron chi connectivity index (χ0n) is 12.6. The standard InChI is InChI=1S/C16H17N7/c17-11-4-6-22(9-11)12-2-1-10(7-12)16-21-20-14-8-19-15-13(23(14)16)3-5-18-15/h3-6,8-10,12,18H,1-2,7,17H2/t10-,12+/m1/s1. The minimum atomic E-state index is 0.402. The molecule has 1 fully saturated rings. The van der Waals surface area contributed by atoms with Crippen molar-refractivity contribution < 1.29 is 0 Å². The molecule has 4 aromatic heterocycles. The van der Waals surface area contributed by atoms with E-state index in [0.717, 1.165) is 47.6 Å². The molecule has 0 aromatic carbocycles. The van der Waals surface area contributed by atoms with Crippen molar-refractivity contribution in [1.29, 1.82) is 0 Å². The summed E-state index contributed by atoms with van der Waals surface area (Å²) in [4.78, 5) is 7.53. The molecule has 7 nitrogen and oxygen atoms in total. The van der Waals surface area contributed by atoms with Crippen molar-refractivity contribution in [2.45, 2.75) is 31.2 Å². The highest BCUT2D eigenvalue weighted by atomic mass is 15.3. The van der Waals surface area contributed by atoms with Gasteiger partial charge in [0.25, 0.3) is 0 Å². The third-order valence-electron chi connectivity index (χ3n) is 4.90. The molecule has 1 saturated carbocycles. The molecule has 0 saturated heterocycles. The van der Waals surface area contributed by atoms with E-state index in [1.165, 1.54) is 0 Å². The minimum absolute atomic E-state index is 0.402. The SMILES string of the molecule is Nc1ccn([C@H]2CC[C@@H](c3nnc4cnc5[nH]ccc5n34)C2)c1. The van der Waals surface area contributed by atoms with Crippen LogP contribution < -0.4 is 5.73 Å². The molecular weight excluding hydrogens is 290 g/mol. The lowest BCUT2D eigenvalue weighted by molar-refractivity contribution is 0.509. The van der Waals surface area contributed by atoms with E-state index in [1.807, 2.05) is 24.5 Å². The molecule has 2 atom stereocenters. The minimum Gasteiger partial charge on any atom is -0.398 e. The predicted molar refractivity (Wildman–Crippen MR) is 87.1 cm³/mol. The van der Waals surface area contributed by atoms with Crippen molar-refractivity contribution >= 4 is 22.5 Å². The molecule has 0 unspecified atom stereocenters. The van der Waals surface area contributed by atoms with Crippen LogP contribution in [0.2, 0.25) is 0 Å². The zero-order chi connectivity index (χ0) is 15.4. The molecular formula is C16H17N7. The first-order valence-corrected chi connectivity index (χ1v) is 7.89. The molecule has 3 N–H and O–H groups in total. The third kappa shape index (κ3) is 1.86. The fraction of sp³-hybridized carbons (Fsp3) is 0.312.